The molecular formula is C10H17N3O. The molecule has 14 heavy (non-hydrogen) atoms. The molecule has 1 aliphatic heterocycles. The zero-order valence-electron chi connectivity index (χ0n) is 8.79. The Bertz CT molecular complexity index is 289. The van der Waals surface area contributed by atoms with Crippen molar-refractivity contribution >= 4 is 0 Å². The first-order valence-corrected chi connectivity index (χ1v) is 5.31. The van der Waals surface area contributed by atoms with E-state index < -0.39 is 0 Å². The lowest BCUT2D eigenvalue weighted by Gasteiger charge is -2.19. The van der Waals surface area contributed by atoms with Crippen molar-refractivity contribution in [1.29, 1.82) is 0 Å². The molecule has 0 saturated carbocycles. The van der Waals surface area contributed by atoms with E-state index in [4.69, 9.17) is 4.42 Å². The lowest BCUT2D eigenvalue weighted by molar-refractivity contribution is 0.357. The van der Waals surface area contributed by atoms with Gasteiger partial charge in [-0.1, -0.05) is 13.8 Å². The fourth-order valence-electron chi connectivity index (χ4n) is 1.71. The minimum Gasteiger partial charge on any atom is -0.425 e. The number of hydrogen-bond acceptors (Lipinski definition) is 4. The van der Waals surface area contributed by atoms with E-state index >= 15 is 0 Å². The van der Waals surface area contributed by atoms with Crippen LogP contribution in [-0.4, -0.2) is 23.3 Å². The van der Waals surface area contributed by atoms with Gasteiger partial charge in [0.25, 0.3) is 0 Å². The predicted octanol–water partition coefficient (Wildman–Crippen LogP) is 1.66. The summed E-state index contributed by atoms with van der Waals surface area (Å²) < 4.78 is 5.62. The fraction of sp³-hybridized carbons (Fsp3) is 0.800. The van der Waals surface area contributed by atoms with Gasteiger partial charge in [0.15, 0.2) is 0 Å². The average Bonchev–Trinajstić information content (AvgIpc) is 2.68. The summed E-state index contributed by atoms with van der Waals surface area (Å²) >= 11 is 0. The Hall–Kier alpha value is -0.900. The van der Waals surface area contributed by atoms with Gasteiger partial charge in [0.2, 0.25) is 11.8 Å². The molecule has 2 heterocycles. The molecule has 0 bridgehead atoms. The maximum atomic E-state index is 5.62. The molecule has 0 spiro atoms. The molecule has 0 radical (unpaired) electrons. The van der Waals surface area contributed by atoms with Crippen molar-refractivity contribution in [3.63, 3.8) is 0 Å². The highest BCUT2D eigenvalue weighted by Crippen LogP contribution is 2.23. The van der Waals surface area contributed by atoms with Crippen molar-refractivity contribution in [3.8, 4) is 0 Å². The largest absolute Gasteiger partial charge is 0.425 e. The Morgan fingerprint density at radius 2 is 2.29 bits per heavy atom. The van der Waals surface area contributed by atoms with E-state index in [0.717, 1.165) is 31.3 Å². The van der Waals surface area contributed by atoms with Gasteiger partial charge in [-0.25, -0.2) is 0 Å². The minimum absolute atomic E-state index is 0.327. The van der Waals surface area contributed by atoms with Gasteiger partial charge in [0, 0.05) is 18.4 Å². The molecule has 1 unspecified atom stereocenters. The van der Waals surface area contributed by atoms with Crippen LogP contribution in [0.2, 0.25) is 0 Å². The van der Waals surface area contributed by atoms with Crippen LogP contribution in [0.15, 0.2) is 4.42 Å². The molecule has 0 aliphatic carbocycles. The first-order valence-electron chi connectivity index (χ1n) is 5.31. The lowest BCUT2D eigenvalue weighted by atomic mass is 10.00. The number of hydrogen-bond donors (Lipinski definition) is 1. The van der Waals surface area contributed by atoms with Gasteiger partial charge in [-0.3, -0.25) is 0 Å². The third kappa shape index (κ3) is 1.95. The molecule has 78 valence electrons. The van der Waals surface area contributed by atoms with Crippen molar-refractivity contribution in [1.82, 2.24) is 15.5 Å². The minimum atomic E-state index is 0.327. The number of piperidine rings is 1. The third-order valence-electron chi connectivity index (χ3n) is 2.60. The van der Waals surface area contributed by atoms with E-state index in [9.17, 15) is 0 Å². The Labute approximate surface area is 84.1 Å². The summed E-state index contributed by atoms with van der Waals surface area (Å²) in [5.74, 6) is 2.31. The van der Waals surface area contributed by atoms with Gasteiger partial charge < -0.3 is 9.73 Å². The van der Waals surface area contributed by atoms with Crippen LogP contribution in [0.3, 0.4) is 0 Å². The number of nitrogens with zero attached hydrogens (tertiary/aromatic N) is 2. The molecule has 2 rings (SSSR count). The summed E-state index contributed by atoms with van der Waals surface area (Å²) in [5.41, 5.74) is 0. The summed E-state index contributed by atoms with van der Waals surface area (Å²) in [6, 6.07) is 0. The number of rotatable bonds is 2. The van der Waals surface area contributed by atoms with E-state index in [1.807, 2.05) is 0 Å². The van der Waals surface area contributed by atoms with Gasteiger partial charge in [0.1, 0.15) is 0 Å². The van der Waals surface area contributed by atoms with Crippen molar-refractivity contribution in [2.24, 2.45) is 0 Å². The van der Waals surface area contributed by atoms with Gasteiger partial charge in [-0.15, -0.1) is 10.2 Å². The highest BCUT2D eigenvalue weighted by atomic mass is 16.4. The van der Waals surface area contributed by atoms with Crippen LogP contribution in [0.25, 0.3) is 0 Å². The Balaban J connectivity index is 2.07. The van der Waals surface area contributed by atoms with Crippen LogP contribution < -0.4 is 5.32 Å². The molecule has 1 aliphatic rings. The molecule has 0 aromatic carbocycles. The smallest absolute Gasteiger partial charge is 0.220 e. The average molecular weight is 195 g/mol. The van der Waals surface area contributed by atoms with Crippen molar-refractivity contribution in [3.05, 3.63) is 11.8 Å². The SMILES string of the molecule is CC(C)c1nnc(C2CCCNC2)o1. The Morgan fingerprint density at radius 1 is 1.43 bits per heavy atom. The second kappa shape index (κ2) is 4.09. The maximum Gasteiger partial charge on any atom is 0.220 e. The monoisotopic (exact) mass is 195 g/mol. The molecule has 1 atom stereocenters. The number of aromatic nitrogens is 2. The molecule has 1 aromatic heterocycles. The van der Waals surface area contributed by atoms with E-state index in [1.54, 1.807) is 0 Å². The third-order valence-corrected chi connectivity index (χ3v) is 2.60. The van der Waals surface area contributed by atoms with Crippen LogP contribution in [0, 0.1) is 0 Å². The van der Waals surface area contributed by atoms with Gasteiger partial charge in [0.05, 0.1) is 0 Å². The highest BCUT2D eigenvalue weighted by Gasteiger charge is 2.21. The molecule has 1 N–H and O–H groups in total. The second-order valence-corrected chi connectivity index (χ2v) is 4.18. The van der Waals surface area contributed by atoms with E-state index in [0.29, 0.717) is 11.8 Å². The fourth-order valence-corrected chi connectivity index (χ4v) is 1.71. The lowest BCUT2D eigenvalue weighted by Crippen LogP contribution is -2.28. The summed E-state index contributed by atoms with van der Waals surface area (Å²) in [7, 11) is 0. The molecule has 4 nitrogen and oxygen atoms in total. The standard InChI is InChI=1S/C10H17N3O/c1-7(2)9-12-13-10(14-9)8-4-3-5-11-6-8/h7-8,11H,3-6H2,1-2H3. The van der Waals surface area contributed by atoms with Crippen LogP contribution in [-0.2, 0) is 0 Å². The van der Waals surface area contributed by atoms with Gasteiger partial charge in [-0.05, 0) is 19.4 Å². The van der Waals surface area contributed by atoms with Crippen molar-refractivity contribution < 1.29 is 4.42 Å². The highest BCUT2D eigenvalue weighted by molar-refractivity contribution is 4.96. The van der Waals surface area contributed by atoms with Crippen molar-refractivity contribution in [2.75, 3.05) is 13.1 Å². The van der Waals surface area contributed by atoms with Crippen LogP contribution >= 0.6 is 0 Å². The number of nitrogens with one attached hydrogen (secondary N) is 1. The normalized spacial score (nSPS) is 22.9. The van der Waals surface area contributed by atoms with Crippen LogP contribution in [0.1, 0.15) is 50.3 Å². The van der Waals surface area contributed by atoms with Crippen LogP contribution in [0.4, 0.5) is 0 Å². The van der Waals surface area contributed by atoms with E-state index in [2.05, 4.69) is 29.4 Å². The second-order valence-electron chi connectivity index (χ2n) is 4.18. The maximum absolute atomic E-state index is 5.62. The molecule has 0 amide bonds. The first-order chi connectivity index (χ1) is 6.77. The Morgan fingerprint density at radius 3 is 2.86 bits per heavy atom. The summed E-state index contributed by atoms with van der Waals surface area (Å²) in [4.78, 5) is 0. The summed E-state index contributed by atoms with van der Waals surface area (Å²) in [6.07, 6.45) is 2.36. The summed E-state index contributed by atoms with van der Waals surface area (Å²) in [6.45, 7) is 6.22. The van der Waals surface area contributed by atoms with Gasteiger partial charge in [-0.2, -0.15) is 0 Å². The molecule has 1 saturated heterocycles. The summed E-state index contributed by atoms with van der Waals surface area (Å²) in [5, 5.41) is 11.5. The van der Waals surface area contributed by atoms with Crippen molar-refractivity contribution in [2.45, 2.75) is 38.5 Å². The quantitative estimate of drug-likeness (QED) is 0.779. The van der Waals surface area contributed by atoms with E-state index in [1.165, 1.54) is 6.42 Å². The molecule has 1 aromatic rings. The predicted molar refractivity (Wildman–Crippen MR) is 53.2 cm³/mol. The molecular weight excluding hydrogens is 178 g/mol. The van der Waals surface area contributed by atoms with Gasteiger partial charge >= 0.3 is 0 Å². The topological polar surface area (TPSA) is 51.0 Å². The molecule has 1 fully saturated rings. The molecule has 4 heteroatoms. The first kappa shape index (κ1) is 9.65. The Kier molecular flexibility index (Phi) is 2.82. The zero-order valence-corrected chi connectivity index (χ0v) is 8.79. The van der Waals surface area contributed by atoms with Crippen LogP contribution in [0.5, 0.6) is 0 Å². The zero-order chi connectivity index (χ0) is 9.97. The van der Waals surface area contributed by atoms with E-state index in [-0.39, 0.29) is 0 Å².